The Bertz CT molecular complexity index is 450. The standard InChI is InChI=1S/C14H20BrN3S/c1-17(2)10-13-7-4-8-18(13)14(19)16-12-6-3-5-11(15)9-12/h3,5-6,9,13H,4,7-8,10H2,1-2H3,(H,16,19). The van der Waals surface area contributed by atoms with Crippen molar-refractivity contribution in [1.29, 1.82) is 0 Å². The van der Waals surface area contributed by atoms with Crippen LogP contribution in [0, 0.1) is 0 Å². The number of likely N-dealkylation sites (tertiary alicyclic amines) is 1. The van der Waals surface area contributed by atoms with Crippen LogP contribution in [0.3, 0.4) is 0 Å². The van der Waals surface area contributed by atoms with Gasteiger partial charge < -0.3 is 15.1 Å². The topological polar surface area (TPSA) is 18.5 Å². The van der Waals surface area contributed by atoms with Crippen molar-refractivity contribution < 1.29 is 0 Å². The lowest BCUT2D eigenvalue weighted by molar-refractivity contribution is 0.288. The van der Waals surface area contributed by atoms with Crippen LogP contribution in [0.4, 0.5) is 5.69 Å². The Morgan fingerprint density at radius 2 is 2.32 bits per heavy atom. The number of rotatable bonds is 3. The van der Waals surface area contributed by atoms with E-state index in [2.05, 4.69) is 45.1 Å². The van der Waals surface area contributed by atoms with Crippen LogP contribution in [-0.2, 0) is 0 Å². The summed E-state index contributed by atoms with van der Waals surface area (Å²) >= 11 is 9.03. The highest BCUT2D eigenvalue weighted by molar-refractivity contribution is 9.10. The molecule has 0 spiro atoms. The molecule has 0 bridgehead atoms. The normalized spacial score (nSPS) is 18.9. The summed E-state index contributed by atoms with van der Waals surface area (Å²) < 4.78 is 1.06. The number of hydrogen-bond donors (Lipinski definition) is 1. The van der Waals surface area contributed by atoms with Gasteiger partial charge in [0.2, 0.25) is 0 Å². The van der Waals surface area contributed by atoms with E-state index in [1.165, 1.54) is 12.8 Å². The van der Waals surface area contributed by atoms with E-state index in [0.29, 0.717) is 6.04 Å². The lowest BCUT2D eigenvalue weighted by Crippen LogP contribution is -2.43. The molecule has 1 atom stereocenters. The van der Waals surface area contributed by atoms with E-state index < -0.39 is 0 Å². The number of thiocarbonyl (C=S) groups is 1. The molecule has 0 amide bonds. The first-order valence-electron chi connectivity index (χ1n) is 6.54. The molecule has 0 aliphatic carbocycles. The summed E-state index contributed by atoms with van der Waals surface area (Å²) in [6.07, 6.45) is 2.44. The Labute approximate surface area is 129 Å². The molecule has 1 heterocycles. The summed E-state index contributed by atoms with van der Waals surface area (Å²) in [6, 6.07) is 8.63. The van der Waals surface area contributed by atoms with Gasteiger partial charge in [0, 0.05) is 29.3 Å². The number of halogens is 1. The third-order valence-electron chi connectivity index (χ3n) is 3.29. The van der Waals surface area contributed by atoms with Gasteiger partial charge in [-0.2, -0.15) is 0 Å². The second kappa shape index (κ2) is 6.68. The molecular formula is C14H20BrN3S. The van der Waals surface area contributed by atoms with Gasteiger partial charge in [0.25, 0.3) is 0 Å². The van der Waals surface area contributed by atoms with Gasteiger partial charge in [0.15, 0.2) is 5.11 Å². The molecule has 3 nitrogen and oxygen atoms in total. The molecule has 1 unspecified atom stereocenters. The summed E-state index contributed by atoms with van der Waals surface area (Å²) in [6.45, 7) is 2.11. The first kappa shape index (κ1) is 14.8. The molecular weight excluding hydrogens is 322 g/mol. The largest absolute Gasteiger partial charge is 0.345 e. The number of benzene rings is 1. The van der Waals surface area contributed by atoms with Gasteiger partial charge in [0.05, 0.1) is 0 Å². The highest BCUT2D eigenvalue weighted by Crippen LogP contribution is 2.21. The van der Waals surface area contributed by atoms with Crippen molar-refractivity contribution in [1.82, 2.24) is 9.80 Å². The van der Waals surface area contributed by atoms with Crippen LogP contribution < -0.4 is 5.32 Å². The van der Waals surface area contributed by atoms with Crippen LogP contribution in [0.25, 0.3) is 0 Å². The minimum absolute atomic E-state index is 0.530. The van der Waals surface area contributed by atoms with Gasteiger partial charge in [-0.1, -0.05) is 22.0 Å². The number of hydrogen-bond acceptors (Lipinski definition) is 2. The second-order valence-electron chi connectivity index (χ2n) is 5.19. The summed E-state index contributed by atoms with van der Waals surface area (Å²) in [5.41, 5.74) is 1.04. The van der Waals surface area contributed by atoms with Gasteiger partial charge in [0.1, 0.15) is 0 Å². The average molecular weight is 342 g/mol. The Kier molecular flexibility index (Phi) is 5.19. The summed E-state index contributed by atoms with van der Waals surface area (Å²) in [7, 11) is 4.22. The van der Waals surface area contributed by atoms with Gasteiger partial charge in [-0.25, -0.2) is 0 Å². The maximum Gasteiger partial charge on any atom is 0.173 e. The van der Waals surface area contributed by atoms with Crippen LogP contribution in [0.1, 0.15) is 12.8 Å². The predicted molar refractivity (Wildman–Crippen MR) is 88.6 cm³/mol. The molecule has 5 heteroatoms. The lowest BCUT2D eigenvalue weighted by Gasteiger charge is -2.29. The second-order valence-corrected chi connectivity index (χ2v) is 6.49. The maximum absolute atomic E-state index is 5.55. The minimum atomic E-state index is 0.530. The smallest absolute Gasteiger partial charge is 0.173 e. The quantitative estimate of drug-likeness (QED) is 0.850. The molecule has 1 aliphatic heterocycles. The molecule has 1 aliphatic rings. The van der Waals surface area contributed by atoms with Crippen molar-refractivity contribution in [3.63, 3.8) is 0 Å². The molecule has 1 saturated heterocycles. The SMILES string of the molecule is CN(C)CC1CCCN1C(=S)Nc1cccc(Br)c1. The third kappa shape index (κ3) is 4.16. The fraction of sp³-hybridized carbons (Fsp3) is 0.500. The van der Waals surface area contributed by atoms with Gasteiger partial charge in [-0.3, -0.25) is 0 Å². The van der Waals surface area contributed by atoms with Crippen LogP contribution in [0.2, 0.25) is 0 Å². The fourth-order valence-electron chi connectivity index (χ4n) is 2.48. The monoisotopic (exact) mass is 341 g/mol. The fourth-order valence-corrected chi connectivity index (χ4v) is 3.23. The Balaban J connectivity index is 1.99. The highest BCUT2D eigenvalue weighted by atomic mass is 79.9. The van der Waals surface area contributed by atoms with Crippen molar-refractivity contribution in [3.8, 4) is 0 Å². The van der Waals surface area contributed by atoms with Gasteiger partial charge >= 0.3 is 0 Å². The molecule has 2 rings (SSSR count). The van der Waals surface area contributed by atoms with Crippen LogP contribution >= 0.6 is 28.1 Å². The van der Waals surface area contributed by atoms with Crippen LogP contribution in [0.15, 0.2) is 28.7 Å². The van der Waals surface area contributed by atoms with Crippen molar-refractivity contribution in [2.75, 3.05) is 32.5 Å². The molecule has 0 saturated carbocycles. The van der Waals surface area contributed by atoms with Gasteiger partial charge in [-0.05, 0) is 57.4 Å². The number of anilines is 1. The van der Waals surface area contributed by atoms with Crippen molar-refractivity contribution in [3.05, 3.63) is 28.7 Å². The molecule has 1 aromatic carbocycles. The number of likely N-dealkylation sites (N-methyl/N-ethyl adjacent to an activating group) is 1. The molecule has 1 N–H and O–H groups in total. The van der Waals surface area contributed by atoms with E-state index in [1.807, 2.05) is 24.3 Å². The van der Waals surface area contributed by atoms with Crippen molar-refractivity contribution in [2.24, 2.45) is 0 Å². The van der Waals surface area contributed by atoms with E-state index in [4.69, 9.17) is 12.2 Å². The summed E-state index contributed by atoms with van der Waals surface area (Å²) in [4.78, 5) is 4.54. The lowest BCUT2D eigenvalue weighted by atomic mass is 10.2. The van der Waals surface area contributed by atoms with Gasteiger partial charge in [-0.15, -0.1) is 0 Å². The van der Waals surface area contributed by atoms with E-state index in [0.717, 1.165) is 28.4 Å². The van der Waals surface area contributed by atoms with E-state index >= 15 is 0 Å². The minimum Gasteiger partial charge on any atom is -0.345 e. The predicted octanol–water partition coefficient (Wildman–Crippen LogP) is 3.17. The maximum atomic E-state index is 5.55. The Hall–Kier alpha value is -0.650. The molecule has 1 fully saturated rings. The molecule has 0 aromatic heterocycles. The zero-order valence-corrected chi connectivity index (χ0v) is 13.8. The number of nitrogens with one attached hydrogen (secondary N) is 1. The highest BCUT2D eigenvalue weighted by Gasteiger charge is 2.26. The first-order chi connectivity index (χ1) is 9.06. The average Bonchev–Trinajstić information content (AvgIpc) is 2.76. The molecule has 104 valence electrons. The zero-order valence-electron chi connectivity index (χ0n) is 11.4. The molecule has 0 radical (unpaired) electrons. The van der Waals surface area contributed by atoms with E-state index in [-0.39, 0.29) is 0 Å². The number of nitrogens with zero attached hydrogens (tertiary/aromatic N) is 2. The van der Waals surface area contributed by atoms with E-state index in [1.54, 1.807) is 0 Å². The Morgan fingerprint density at radius 3 is 3.00 bits per heavy atom. The van der Waals surface area contributed by atoms with E-state index in [9.17, 15) is 0 Å². The van der Waals surface area contributed by atoms with Crippen molar-refractivity contribution >= 4 is 38.9 Å². The first-order valence-corrected chi connectivity index (χ1v) is 7.74. The van der Waals surface area contributed by atoms with Crippen molar-refractivity contribution in [2.45, 2.75) is 18.9 Å². The molecule has 19 heavy (non-hydrogen) atoms. The van der Waals surface area contributed by atoms with Crippen LogP contribution in [0.5, 0.6) is 0 Å². The zero-order chi connectivity index (χ0) is 13.8. The Morgan fingerprint density at radius 1 is 1.53 bits per heavy atom. The summed E-state index contributed by atoms with van der Waals surface area (Å²) in [5, 5.41) is 4.17. The van der Waals surface area contributed by atoms with Crippen LogP contribution in [-0.4, -0.2) is 48.1 Å². The molecule has 1 aromatic rings. The summed E-state index contributed by atoms with van der Waals surface area (Å²) in [5.74, 6) is 0. The third-order valence-corrected chi connectivity index (χ3v) is 4.12.